The molecule has 0 heterocycles. The monoisotopic (exact) mass is 478 g/mol. The molecule has 1 aromatic rings. The van der Waals surface area contributed by atoms with Crippen molar-refractivity contribution in [1.29, 1.82) is 0 Å². The lowest BCUT2D eigenvalue weighted by atomic mass is 9.94. The molecule has 1 aromatic carbocycles. The number of amides is 1. The molecule has 0 bridgehead atoms. The molecular formula is C16H19Cl2F3N2O5S. The van der Waals surface area contributed by atoms with Crippen LogP contribution in [0.3, 0.4) is 0 Å². The van der Waals surface area contributed by atoms with Crippen LogP contribution in [0.25, 0.3) is 0 Å². The summed E-state index contributed by atoms with van der Waals surface area (Å²) in [6.07, 6.45) is -4.00. The van der Waals surface area contributed by atoms with E-state index in [1.54, 1.807) is 5.32 Å². The normalized spacial score (nSPS) is 22.8. The van der Waals surface area contributed by atoms with Gasteiger partial charge in [-0.2, -0.15) is 13.2 Å². The van der Waals surface area contributed by atoms with Crippen molar-refractivity contribution in [3.05, 3.63) is 22.2 Å². The van der Waals surface area contributed by atoms with Crippen molar-refractivity contribution in [3.8, 4) is 0 Å². The second-order valence-electron chi connectivity index (χ2n) is 6.89. The Balaban J connectivity index is 2.24. The molecule has 1 atom stereocenters. The van der Waals surface area contributed by atoms with Crippen LogP contribution < -0.4 is 10.0 Å². The lowest BCUT2D eigenvalue weighted by Gasteiger charge is -2.26. The molecule has 0 saturated heterocycles. The number of rotatable bonds is 5. The van der Waals surface area contributed by atoms with Crippen molar-refractivity contribution in [2.45, 2.75) is 61.4 Å². The predicted octanol–water partition coefficient (Wildman–Crippen LogP) is 2.83. The van der Waals surface area contributed by atoms with E-state index in [4.69, 9.17) is 23.2 Å². The molecule has 4 N–H and O–H groups in total. The van der Waals surface area contributed by atoms with E-state index in [1.165, 1.54) is 0 Å². The Hall–Kier alpha value is -1.11. The zero-order chi connectivity index (χ0) is 22.2. The number of hydrogen-bond donors (Lipinski definition) is 4. The lowest BCUT2D eigenvalue weighted by molar-refractivity contribution is -0.242. The van der Waals surface area contributed by atoms with Crippen molar-refractivity contribution in [1.82, 2.24) is 4.72 Å². The zero-order valence-electron chi connectivity index (χ0n) is 15.1. The van der Waals surface area contributed by atoms with Crippen LogP contribution in [0.5, 0.6) is 0 Å². The highest BCUT2D eigenvalue weighted by Gasteiger charge is 2.55. The average Bonchev–Trinajstić information content (AvgIpc) is 2.59. The van der Waals surface area contributed by atoms with Gasteiger partial charge in [0.15, 0.2) is 0 Å². The first-order chi connectivity index (χ1) is 13.2. The number of carbonyl (C=O) groups excluding carboxylic acids is 1. The first kappa shape index (κ1) is 24.2. The van der Waals surface area contributed by atoms with Crippen LogP contribution in [-0.4, -0.2) is 48.5 Å². The molecule has 1 saturated carbocycles. The van der Waals surface area contributed by atoms with Crippen molar-refractivity contribution < 1.29 is 36.6 Å². The highest BCUT2D eigenvalue weighted by molar-refractivity contribution is 7.89. The van der Waals surface area contributed by atoms with Crippen LogP contribution in [0.1, 0.15) is 32.6 Å². The van der Waals surface area contributed by atoms with Crippen molar-refractivity contribution in [3.63, 3.8) is 0 Å². The van der Waals surface area contributed by atoms with Gasteiger partial charge in [-0.3, -0.25) is 4.79 Å². The summed E-state index contributed by atoms with van der Waals surface area (Å²) >= 11 is 11.9. The van der Waals surface area contributed by atoms with E-state index < -0.39 is 60.5 Å². The summed E-state index contributed by atoms with van der Waals surface area (Å²) in [7, 11) is -4.12. The summed E-state index contributed by atoms with van der Waals surface area (Å²) in [5.74, 6) is -1.81. The lowest BCUT2D eigenvalue weighted by Crippen LogP contribution is -2.52. The van der Waals surface area contributed by atoms with Gasteiger partial charge in [-0.1, -0.05) is 23.2 Å². The number of aliphatic hydroxyl groups is 2. The van der Waals surface area contributed by atoms with E-state index in [1.807, 2.05) is 0 Å². The molecule has 1 aliphatic rings. The van der Waals surface area contributed by atoms with Gasteiger partial charge in [-0.25, -0.2) is 13.1 Å². The topological polar surface area (TPSA) is 116 Å². The molecule has 0 spiro atoms. The van der Waals surface area contributed by atoms with Crippen LogP contribution in [0, 0.1) is 0 Å². The van der Waals surface area contributed by atoms with E-state index in [2.05, 4.69) is 4.72 Å². The van der Waals surface area contributed by atoms with Gasteiger partial charge in [0.05, 0.1) is 21.8 Å². The van der Waals surface area contributed by atoms with E-state index in [-0.39, 0.29) is 6.92 Å². The standard InChI is InChI=1S/C16H19Cl2F3N2O5S/c1-15(26,16(19,20)21)14(25)22-10-6-7-11(13(18)12(10)17)29(27,28)23-8-2-4-9(24)5-3-8/h6-9,23-24,26H,2-5H2,1H3,(H,22,25). The largest absolute Gasteiger partial charge is 0.426 e. The number of nitrogens with one attached hydrogen (secondary N) is 2. The third-order valence-corrected chi connectivity index (χ3v) is 7.15. The van der Waals surface area contributed by atoms with Crippen molar-refractivity contribution in [2.24, 2.45) is 0 Å². The summed E-state index contributed by atoms with van der Waals surface area (Å²) < 4.78 is 65.9. The molecule has 0 aromatic heterocycles. The fourth-order valence-corrected chi connectivity index (χ4v) is 4.81. The van der Waals surface area contributed by atoms with Crippen molar-refractivity contribution >= 4 is 44.8 Å². The molecule has 1 fully saturated rings. The van der Waals surface area contributed by atoms with Crippen LogP contribution in [0.15, 0.2) is 17.0 Å². The molecule has 0 radical (unpaired) electrons. The Morgan fingerprint density at radius 1 is 1.14 bits per heavy atom. The fraction of sp³-hybridized carbons (Fsp3) is 0.562. The third-order valence-electron chi connectivity index (χ3n) is 4.60. The number of alkyl halides is 3. The Labute approximate surface area is 175 Å². The number of halogens is 5. The van der Waals surface area contributed by atoms with E-state index in [0.29, 0.717) is 25.7 Å². The Morgan fingerprint density at radius 2 is 1.69 bits per heavy atom. The smallest absolute Gasteiger partial charge is 0.393 e. The molecule has 1 amide bonds. The van der Waals surface area contributed by atoms with Gasteiger partial charge in [0.25, 0.3) is 5.91 Å². The second kappa shape index (κ2) is 8.56. The minimum absolute atomic E-state index is 0.266. The van der Waals surface area contributed by atoms with Crippen molar-refractivity contribution in [2.75, 3.05) is 5.32 Å². The van der Waals surface area contributed by atoms with Crippen LogP contribution in [0.2, 0.25) is 10.0 Å². The van der Waals surface area contributed by atoms with Crippen LogP contribution in [0.4, 0.5) is 18.9 Å². The van der Waals surface area contributed by atoms with Gasteiger partial charge in [-0.05, 0) is 44.7 Å². The number of sulfonamides is 1. The molecule has 29 heavy (non-hydrogen) atoms. The number of benzene rings is 1. The quantitative estimate of drug-likeness (QED) is 0.519. The van der Waals surface area contributed by atoms with Crippen LogP contribution in [-0.2, 0) is 14.8 Å². The first-order valence-electron chi connectivity index (χ1n) is 8.45. The maximum atomic E-state index is 12.8. The van der Waals surface area contributed by atoms with Gasteiger partial charge >= 0.3 is 6.18 Å². The zero-order valence-corrected chi connectivity index (χ0v) is 17.4. The Morgan fingerprint density at radius 3 is 2.21 bits per heavy atom. The van der Waals surface area contributed by atoms with Gasteiger partial charge in [-0.15, -0.1) is 0 Å². The number of anilines is 1. The Kier molecular flexibility index (Phi) is 7.13. The van der Waals surface area contributed by atoms with E-state index in [9.17, 15) is 36.6 Å². The van der Waals surface area contributed by atoms with E-state index in [0.717, 1.165) is 12.1 Å². The second-order valence-corrected chi connectivity index (χ2v) is 9.33. The van der Waals surface area contributed by atoms with E-state index >= 15 is 0 Å². The molecule has 1 aliphatic carbocycles. The fourth-order valence-electron chi connectivity index (χ4n) is 2.69. The van der Waals surface area contributed by atoms with Crippen LogP contribution >= 0.6 is 23.2 Å². The molecule has 1 unspecified atom stereocenters. The number of carbonyl (C=O) groups is 1. The number of hydrogen-bond acceptors (Lipinski definition) is 5. The molecule has 2 rings (SSSR count). The summed E-state index contributed by atoms with van der Waals surface area (Å²) in [4.78, 5) is 11.4. The summed E-state index contributed by atoms with van der Waals surface area (Å²) in [6, 6.07) is 1.53. The number of aliphatic hydroxyl groups excluding tert-OH is 1. The minimum Gasteiger partial charge on any atom is -0.393 e. The SMILES string of the molecule is CC(O)(C(=O)Nc1ccc(S(=O)(=O)NC2CCC(O)CC2)c(Cl)c1Cl)C(F)(F)F. The van der Waals surface area contributed by atoms with Gasteiger partial charge in [0, 0.05) is 6.04 Å². The van der Waals surface area contributed by atoms with Gasteiger partial charge in [0.1, 0.15) is 4.90 Å². The summed E-state index contributed by atoms with van der Waals surface area (Å²) in [5.41, 5.74) is -4.09. The van der Waals surface area contributed by atoms with Gasteiger partial charge < -0.3 is 15.5 Å². The molecular weight excluding hydrogens is 460 g/mol. The molecule has 7 nitrogen and oxygen atoms in total. The Bertz CT molecular complexity index is 885. The third kappa shape index (κ3) is 5.33. The molecule has 0 aliphatic heterocycles. The first-order valence-corrected chi connectivity index (χ1v) is 10.7. The maximum Gasteiger partial charge on any atom is 0.426 e. The van der Waals surface area contributed by atoms with Gasteiger partial charge in [0.2, 0.25) is 15.6 Å². The average molecular weight is 479 g/mol. The summed E-state index contributed by atoms with van der Waals surface area (Å²) in [6.45, 7) is 0.266. The highest BCUT2D eigenvalue weighted by Crippen LogP contribution is 2.37. The highest BCUT2D eigenvalue weighted by atomic mass is 35.5. The molecule has 13 heteroatoms. The predicted molar refractivity (Wildman–Crippen MR) is 100 cm³/mol. The minimum atomic E-state index is -5.24. The molecule has 164 valence electrons. The maximum absolute atomic E-state index is 12.8. The summed E-state index contributed by atoms with van der Waals surface area (Å²) in [5, 5.41) is 19.7.